The summed E-state index contributed by atoms with van der Waals surface area (Å²) >= 11 is 1.64. The highest BCUT2D eigenvalue weighted by molar-refractivity contribution is 7.09. The van der Waals surface area contributed by atoms with Gasteiger partial charge in [-0.2, -0.15) is 0 Å². The van der Waals surface area contributed by atoms with E-state index in [4.69, 9.17) is 0 Å². The van der Waals surface area contributed by atoms with E-state index in [-0.39, 0.29) is 0 Å². The molecule has 0 fully saturated rings. The van der Waals surface area contributed by atoms with E-state index in [1.807, 2.05) is 19.2 Å². The zero-order valence-electron chi connectivity index (χ0n) is 5.59. The first-order valence-corrected chi connectivity index (χ1v) is 3.80. The summed E-state index contributed by atoms with van der Waals surface area (Å²) in [7, 11) is 0. The Morgan fingerprint density at radius 1 is 1.78 bits per heavy atom. The van der Waals surface area contributed by atoms with E-state index in [0.717, 1.165) is 17.4 Å². The zero-order chi connectivity index (χ0) is 6.69. The van der Waals surface area contributed by atoms with Crippen LogP contribution in [0.15, 0.2) is 5.38 Å². The molecular formula is C6H9N2S. The third kappa shape index (κ3) is 1.68. The molecule has 0 aliphatic carbocycles. The van der Waals surface area contributed by atoms with Crippen LogP contribution < -0.4 is 5.32 Å². The molecule has 1 rings (SSSR count). The van der Waals surface area contributed by atoms with Gasteiger partial charge in [-0.3, -0.25) is 5.32 Å². The van der Waals surface area contributed by atoms with Crippen LogP contribution in [-0.2, 0) is 0 Å². The van der Waals surface area contributed by atoms with Gasteiger partial charge in [0.2, 0.25) is 0 Å². The van der Waals surface area contributed by atoms with E-state index in [9.17, 15) is 0 Å². The van der Waals surface area contributed by atoms with Gasteiger partial charge in [0.15, 0.2) is 5.82 Å². The van der Waals surface area contributed by atoms with E-state index in [0.29, 0.717) is 0 Å². The Morgan fingerprint density at radius 3 is 3.00 bits per heavy atom. The monoisotopic (exact) mass is 141 g/mol. The lowest BCUT2D eigenvalue weighted by Gasteiger charge is -1.88. The quantitative estimate of drug-likeness (QED) is 0.616. The lowest BCUT2D eigenvalue weighted by atomic mass is 10.7. The summed E-state index contributed by atoms with van der Waals surface area (Å²) in [6.45, 7) is 4.82. The number of aryl methyl sites for hydroxylation is 1. The molecule has 49 valence electrons. The Hall–Kier alpha value is -0.570. The van der Waals surface area contributed by atoms with Gasteiger partial charge in [0.05, 0.1) is 5.01 Å². The van der Waals surface area contributed by atoms with Crippen molar-refractivity contribution >= 4 is 17.2 Å². The van der Waals surface area contributed by atoms with Gasteiger partial charge in [-0.05, 0) is 13.8 Å². The summed E-state index contributed by atoms with van der Waals surface area (Å²) in [6.07, 6.45) is 0. The predicted molar refractivity (Wildman–Crippen MR) is 39.2 cm³/mol. The van der Waals surface area contributed by atoms with Crippen molar-refractivity contribution in [2.75, 3.05) is 6.54 Å². The third-order valence-electron chi connectivity index (χ3n) is 0.927. The van der Waals surface area contributed by atoms with Crippen molar-refractivity contribution in [3.8, 4) is 0 Å². The number of nitrogens with zero attached hydrogens (tertiary/aromatic N) is 2. The maximum atomic E-state index is 4.15. The average molecular weight is 141 g/mol. The summed E-state index contributed by atoms with van der Waals surface area (Å²) in [5, 5.41) is 7.18. The molecule has 0 unspecified atom stereocenters. The molecule has 0 amide bonds. The Balaban J connectivity index is 2.61. The molecule has 1 radical (unpaired) electrons. The Morgan fingerprint density at radius 2 is 2.56 bits per heavy atom. The number of aromatic nitrogens is 1. The van der Waals surface area contributed by atoms with Crippen molar-refractivity contribution in [2.24, 2.45) is 0 Å². The molecule has 2 nitrogen and oxygen atoms in total. The molecule has 0 aromatic carbocycles. The first kappa shape index (κ1) is 6.55. The van der Waals surface area contributed by atoms with Crippen molar-refractivity contribution < 1.29 is 0 Å². The van der Waals surface area contributed by atoms with Crippen molar-refractivity contribution in [2.45, 2.75) is 13.8 Å². The Labute approximate surface area is 58.9 Å². The highest BCUT2D eigenvalue weighted by atomic mass is 32.1. The van der Waals surface area contributed by atoms with Gasteiger partial charge >= 0.3 is 0 Å². The van der Waals surface area contributed by atoms with Crippen LogP contribution in [0.2, 0.25) is 0 Å². The Bertz CT molecular complexity index is 183. The molecule has 0 saturated heterocycles. The average Bonchev–Trinajstić information content (AvgIpc) is 2.17. The molecular weight excluding hydrogens is 132 g/mol. The summed E-state index contributed by atoms with van der Waals surface area (Å²) in [5.41, 5.74) is 0. The third-order valence-corrected chi connectivity index (χ3v) is 1.69. The van der Waals surface area contributed by atoms with Crippen LogP contribution in [0.1, 0.15) is 11.9 Å². The fourth-order valence-electron chi connectivity index (χ4n) is 0.587. The first-order valence-electron chi connectivity index (χ1n) is 2.92. The van der Waals surface area contributed by atoms with Crippen molar-refractivity contribution in [1.82, 2.24) is 10.3 Å². The fourth-order valence-corrected chi connectivity index (χ4v) is 1.14. The highest BCUT2D eigenvalue weighted by Crippen LogP contribution is 2.11. The molecule has 9 heavy (non-hydrogen) atoms. The van der Waals surface area contributed by atoms with Crippen LogP contribution in [0.4, 0.5) is 5.82 Å². The van der Waals surface area contributed by atoms with Crippen molar-refractivity contribution in [3.63, 3.8) is 0 Å². The minimum absolute atomic E-state index is 0.823. The zero-order valence-corrected chi connectivity index (χ0v) is 6.40. The van der Waals surface area contributed by atoms with Gasteiger partial charge in [-0.25, -0.2) is 4.98 Å². The van der Waals surface area contributed by atoms with Crippen LogP contribution in [-0.4, -0.2) is 11.5 Å². The van der Waals surface area contributed by atoms with Gasteiger partial charge in [-0.15, -0.1) is 11.3 Å². The molecule has 0 atom stereocenters. The maximum absolute atomic E-state index is 4.15. The summed E-state index contributed by atoms with van der Waals surface area (Å²) in [6, 6.07) is 0. The SMILES string of the molecule is CC[N]c1csc(C)n1. The van der Waals surface area contributed by atoms with Gasteiger partial charge in [0.1, 0.15) is 0 Å². The van der Waals surface area contributed by atoms with Crippen molar-refractivity contribution in [1.29, 1.82) is 0 Å². The topological polar surface area (TPSA) is 27.0 Å². The number of rotatable bonds is 2. The number of thiazole rings is 1. The second kappa shape index (κ2) is 2.82. The van der Waals surface area contributed by atoms with Crippen LogP contribution >= 0.6 is 11.3 Å². The molecule has 1 aromatic heterocycles. The number of hydrogen-bond acceptors (Lipinski definition) is 2. The number of hydrogen-bond donors (Lipinski definition) is 0. The molecule has 1 aromatic rings. The second-order valence-corrected chi connectivity index (χ2v) is 2.76. The smallest absolute Gasteiger partial charge is 0.158 e. The van der Waals surface area contributed by atoms with E-state index in [1.165, 1.54) is 0 Å². The molecule has 1 heterocycles. The van der Waals surface area contributed by atoms with E-state index >= 15 is 0 Å². The minimum Gasteiger partial charge on any atom is -0.266 e. The highest BCUT2D eigenvalue weighted by Gasteiger charge is 1.94. The van der Waals surface area contributed by atoms with Crippen LogP contribution in [0.3, 0.4) is 0 Å². The summed E-state index contributed by atoms with van der Waals surface area (Å²) in [4.78, 5) is 4.15. The normalized spacial score (nSPS) is 9.56. The van der Waals surface area contributed by atoms with Gasteiger partial charge in [0.25, 0.3) is 0 Å². The van der Waals surface area contributed by atoms with Gasteiger partial charge in [-0.1, -0.05) is 0 Å². The molecule has 0 N–H and O–H groups in total. The molecule has 0 bridgehead atoms. The van der Waals surface area contributed by atoms with Crippen LogP contribution in [0, 0.1) is 6.92 Å². The Kier molecular flexibility index (Phi) is 2.05. The largest absolute Gasteiger partial charge is 0.266 e. The second-order valence-electron chi connectivity index (χ2n) is 1.70. The lowest BCUT2D eigenvalue weighted by Crippen LogP contribution is -1.94. The molecule has 0 aliphatic rings. The van der Waals surface area contributed by atoms with Gasteiger partial charge in [0, 0.05) is 11.9 Å². The summed E-state index contributed by atoms with van der Waals surface area (Å²) in [5.74, 6) is 0.875. The predicted octanol–water partition coefficient (Wildman–Crippen LogP) is 1.71. The molecule has 0 spiro atoms. The van der Waals surface area contributed by atoms with Crippen LogP contribution in [0.25, 0.3) is 0 Å². The molecule has 0 saturated carbocycles. The first-order chi connectivity index (χ1) is 4.33. The lowest BCUT2D eigenvalue weighted by molar-refractivity contribution is 0.886. The molecule has 3 heteroatoms. The standard InChI is InChI=1S/C6H9N2S/c1-3-7-6-4-9-5(2)8-6/h4H,3H2,1-2H3. The molecule has 0 aliphatic heterocycles. The van der Waals surface area contributed by atoms with E-state index < -0.39 is 0 Å². The van der Waals surface area contributed by atoms with Crippen molar-refractivity contribution in [3.05, 3.63) is 10.4 Å². The summed E-state index contributed by atoms with van der Waals surface area (Å²) < 4.78 is 0. The fraction of sp³-hybridized carbons (Fsp3) is 0.500. The van der Waals surface area contributed by atoms with Crippen LogP contribution in [0.5, 0.6) is 0 Å². The van der Waals surface area contributed by atoms with E-state index in [1.54, 1.807) is 11.3 Å². The minimum atomic E-state index is 0.823. The van der Waals surface area contributed by atoms with Gasteiger partial charge < -0.3 is 0 Å². The van der Waals surface area contributed by atoms with E-state index in [2.05, 4.69) is 10.3 Å². The maximum Gasteiger partial charge on any atom is 0.158 e.